The van der Waals surface area contributed by atoms with Crippen LogP contribution in [0, 0.1) is 0 Å². The normalized spacial score (nSPS) is 13.5. The molecule has 5 N–H and O–H groups in total. The molecule has 0 radical (unpaired) electrons. The summed E-state index contributed by atoms with van der Waals surface area (Å²) < 4.78 is 20.5. The number of urea groups is 2. The third-order valence-corrected chi connectivity index (χ3v) is 23.0. The van der Waals surface area contributed by atoms with E-state index in [4.69, 9.17) is 18.6 Å². The number of rotatable bonds is 24. The number of hydrogen-bond donors (Lipinski definition) is 5. The van der Waals surface area contributed by atoms with E-state index in [0.717, 1.165) is 64.5 Å². The average molecular weight is 1940 g/mol. The smallest absolute Gasteiger partial charge is 0.417 e. The average Bonchev–Trinajstić information content (AvgIpc) is 1.63. The van der Waals surface area contributed by atoms with Gasteiger partial charge in [-0.25, -0.2) is 19.2 Å². The summed E-state index contributed by atoms with van der Waals surface area (Å²) in [5.41, 5.74) is 15.6. The molecule has 2 aliphatic carbocycles. The predicted octanol–water partition coefficient (Wildman–Crippen LogP) is 30.9. The largest absolute Gasteiger partial charge is 0.472 e. The SMILES string of the molecule is O=C(/C=C/Nc1ccccc1)c1ccccc1.O=C(/C=C/Oc1ccccc1)c1ccccc1.O=C(N/C=C/c1ccccc1)c1ccccc1.O=C(Nc1ccccc1)Nc1ccccc1.O=C(Nc1ccccc1)Oc1ccccc1.O=C(O/C=C/c1ccccc1)c1ccccc1.O=C1N(c2ccccc2)CCN1c1ccccc1.c1ccc(C2CC2c2ccoc2)cc1.c1ccc(C2CC2c2ccsc2)cc1. The Balaban J connectivity index is 0.000000137. The van der Waals surface area contributed by atoms with E-state index >= 15 is 0 Å². The van der Waals surface area contributed by atoms with E-state index in [0.29, 0.717) is 51.3 Å². The number of carbonyl (C=O) groups excluding carboxylic acids is 7. The topological polar surface area (TPSA) is 227 Å². The van der Waals surface area contributed by atoms with Gasteiger partial charge in [0.2, 0.25) is 0 Å². The fraction of sp³-hybridized carbons (Fsp3) is 0.0630. The molecule has 4 unspecified atom stereocenters. The number of anilines is 6. The van der Waals surface area contributed by atoms with E-state index in [1.165, 1.54) is 59.8 Å². The molecule has 0 spiro atoms. The number of benzene rings is 16. The number of carbonyl (C=O) groups is 7. The van der Waals surface area contributed by atoms with Crippen molar-refractivity contribution in [2.75, 3.05) is 44.2 Å². The Hall–Kier alpha value is -18.9. The fourth-order valence-electron chi connectivity index (χ4n) is 14.7. The maximum atomic E-state index is 12.4. The minimum atomic E-state index is -0.489. The van der Waals surface area contributed by atoms with Gasteiger partial charge in [0, 0.05) is 88.5 Å². The number of ketones is 2. The number of hydrogen-bond acceptors (Lipinski definition) is 13. The quantitative estimate of drug-likeness (QED) is 0.0165. The summed E-state index contributed by atoms with van der Waals surface area (Å²) in [6, 6.07) is 157. The van der Waals surface area contributed by atoms with Crippen molar-refractivity contribution in [2.45, 2.75) is 36.5 Å². The summed E-state index contributed by atoms with van der Waals surface area (Å²) in [7, 11) is 0. The Morgan fingerprint density at radius 3 is 1.12 bits per heavy atom. The van der Waals surface area contributed by atoms with Crippen molar-refractivity contribution in [1.29, 1.82) is 0 Å². The van der Waals surface area contributed by atoms with Gasteiger partial charge < -0.3 is 39.9 Å². The molecule has 6 amide bonds. The summed E-state index contributed by atoms with van der Waals surface area (Å²) in [6.07, 6.45) is 18.4. The molecule has 1 saturated heterocycles. The number of ether oxygens (including phenoxy) is 3. The van der Waals surface area contributed by atoms with Gasteiger partial charge in [-0.3, -0.25) is 29.5 Å². The van der Waals surface area contributed by atoms with Gasteiger partial charge in [0.05, 0.1) is 30.6 Å². The van der Waals surface area contributed by atoms with Crippen molar-refractivity contribution in [3.05, 3.63) is 613 Å². The maximum Gasteiger partial charge on any atom is 0.417 e. The minimum absolute atomic E-state index is 0.00553. The van der Waals surface area contributed by atoms with Crippen LogP contribution in [0.15, 0.2) is 562 Å². The highest BCUT2D eigenvalue weighted by molar-refractivity contribution is 7.08. The van der Waals surface area contributed by atoms with Crippen molar-refractivity contribution in [2.24, 2.45) is 0 Å². The molecule has 18 aromatic rings. The number of para-hydroxylation sites is 8. The van der Waals surface area contributed by atoms with Crippen LogP contribution in [0.4, 0.5) is 48.5 Å². The van der Waals surface area contributed by atoms with E-state index < -0.39 is 6.09 Å². The standard InChI is InChI=1S/C15H14N2O.2C15H13NO.2C15H12O2.C13H12N2O.C13H11NO2.C13H12O.C13H12S/c18-15-16(13-7-3-1-4-8-13)11-12-17(15)14-9-5-2-6-10-14;17-15(13-7-3-1-4-8-13)11-12-16-14-9-5-2-6-10-14;17-15(14-9-5-2-6-10-14)16-12-11-13-7-3-1-4-8-13;16-15(13-7-3-1-4-8-13)11-12-17-14-9-5-2-6-10-14;16-15(14-9-5-2-6-10-14)17-12-11-13-7-3-1-4-8-13;16-13(14-11-7-3-1-4-8-11)15-12-9-5-2-6-10-12;15-13(14-11-7-3-1-4-8-11)16-12-9-5-2-6-10-12;2*1-2-4-10(5-3-1)12-8-13(12)11-6-7-14-9-11/h1-10H,11-12H2;1-12,16H;1-12H,(H,16,17);2*1-12H;1-10H,(H2,14,15,16);1-10H,(H,14,15);2*1-7,9,12-13H,8H2/b;4*12-11+;;;;. The monoisotopic (exact) mass is 1940 g/mol. The summed E-state index contributed by atoms with van der Waals surface area (Å²) in [6.45, 7) is 1.47. The van der Waals surface area contributed by atoms with Crippen LogP contribution < -0.4 is 45.9 Å². The third-order valence-electron chi connectivity index (χ3n) is 22.3. The number of esters is 1. The zero-order chi connectivity index (χ0) is 101. The first-order valence-corrected chi connectivity index (χ1v) is 48.5. The molecule has 3 aliphatic rings. The summed E-state index contributed by atoms with van der Waals surface area (Å²) in [5.74, 6) is 3.70. The van der Waals surface area contributed by atoms with Gasteiger partial charge in [0.15, 0.2) is 11.6 Å². The zero-order valence-electron chi connectivity index (χ0n) is 80.2. The van der Waals surface area contributed by atoms with E-state index in [9.17, 15) is 33.6 Å². The second kappa shape index (κ2) is 59.6. The zero-order valence-corrected chi connectivity index (χ0v) is 81.0. The van der Waals surface area contributed by atoms with Crippen LogP contribution >= 0.6 is 11.3 Å². The number of allylic oxidation sites excluding steroid dienone is 2. The lowest BCUT2D eigenvalue weighted by molar-refractivity contribution is 0.0664. The fourth-order valence-corrected chi connectivity index (χ4v) is 15.4. The van der Waals surface area contributed by atoms with Crippen LogP contribution in [-0.2, 0) is 4.74 Å². The molecular weight excluding hydrogens is 1830 g/mol. The second-order valence-electron chi connectivity index (χ2n) is 32.7. The van der Waals surface area contributed by atoms with E-state index in [1.807, 2.05) is 362 Å². The van der Waals surface area contributed by atoms with E-state index in [2.05, 4.69) is 110 Å². The number of nitrogens with one attached hydrogen (secondary N) is 5. The molecule has 18 nitrogen and oxygen atoms in total. The molecule has 16 aromatic carbocycles. The van der Waals surface area contributed by atoms with Crippen LogP contribution in [0.3, 0.4) is 0 Å². The van der Waals surface area contributed by atoms with E-state index in [-0.39, 0.29) is 35.5 Å². The molecule has 3 heterocycles. The van der Waals surface area contributed by atoms with Gasteiger partial charge in [0.25, 0.3) is 5.91 Å². The maximum absolute atomic E-state index is 12.4. The number of nitrogens with zero attached hydrogens (tertiary/aromatic N) is 2. The van der Waals surface area contributed by atoms with Gasteiger partial charge >= 0.3 is 24.1 Å². The Bertz CT molecular complexity index is 6450. The first-order chi connectivity index (χ1) is 71.9. The van der Waals surface area contributed by atoms with Crippen molar-refractivity contribution < 1.29 is 52.2 Å². The summed E-state index contributed by atoms with van der Waals surface area (Å²) in [4.78, 5) is 85.6. The Labute approximate surface area is 856 Å². The molecule has 4 atom stereocenters. The van der Waals surface area contributed by atoms with Crippen molar-refractivity contribution in [3.63, 3.8) is 0 Å². The Morgan fingerprint density at radius 2 is 0.692 bits per heavy atom. The van der Waals surface area contributed by atoms with E-state index in [1.54, 1.807) is 121 Å². The van der Waals surface area contributed by atoms with Crippen LogP contribution in [0.2, 0.25) is 0 Å². The van der Waals surface area contributed by atoms with Gasteiger partial charge in [-0.05, 0) is 226 Å². The first-order valence-electron chi connectivity index (χ1n) is 47.6. The molecule has 1 aliphatic heterocycles. The molecule has 2 aromatic heterocycles. The Morgan fingerprint density at radius 1 is 0.329 bits per heavy atom. The first kappa shape index (κ1) is 105. The molecular formula is C127H111N7O11S. The van der Waals surface area contributed by atoms with Gasteiger partial charge in [0.1, 0.15) is 11.5 Å². The summed E-state index contributed by atoms with van der Waals surface area (Å²) >= 11 is 1.81. The van der Waals surface area contributed by atoms with Gasteiger partial charge in [-0.1, -0.05) is 364 Å². The second-order valence-corrected chi connectivity index (χ2v) is 33.5. The van der Waals surface area contributed by atoms with Crippen LogP contribution in [0.1, 0.15) is 111 Å². The van der Waals surface area contributed by atoms with Gasteiger partial charge in [-0.15, -0.1) is 0 Å². The molecule has 19 heteroatoms. The molecule has 146 heavy (non-hydrogen) atoms. The van der Waals surface area contributed by atoms with Crippen molar-refractivity contribution >= 4 is 99.2 Å². The lowest BCUT2D eigenvalue weighted by Crippen LogP contribution is -2.31. The minimum Gasteiger partial charge on any atom is -0.472 e. The molecule has 726 valence electrons. The van der Waals surface area contributed by atoms with Crippen molar-refractivity contribution in [3.8, 4) is 11.5 Å². The Kier molecular flexibility index (Phi) is 42.6. The lowest BCUT2D eigenvalue weighted by Gasteiger charge is -2.18. The van der Waals surface area contributed by atoms with Crippen LogP contribution in [-0.4, -0.2) is 54.7 Å². The number of thiophene rings is 1. The highest BCUT2D eigenvalue weighted by Gasteiger charge is 2.41. The molecule has 2 saturated carbocycles. The summed E-state index contributed by atoms with van der Waals surface area (Å²) in [5, 5.41) is 18.3. The number of furan rings is 1. The molecule has 0 bridgehead atoms. The molecule has 21 rings (SSSR count). The third kappa shape index (κ3) is 37.1. The van der Waals surface area contributed by atoms with Crippen LogP contribution in [0.25, 0.3) is 12.2 Å². The molecule has 3 fully saturated rings. The number of amides is 6. The van der Waals surface area contributed by atoms with Crippen molar-refractivity contribution in [1.82, 2.24) is 5.32 Å². The lowest BCUT2D eigenvalue weighted by atomic mass is 10.1. The highest BCUT2D eigenvalue weighted by atomic mass is 32.1. The predicted molar refractivity (Wildman–Crippen MR) is 591 cm³/mol. The van der Waals surface area contributed by atoms with Gasteiger partial charge in [-0.2, -0.15) is 11.3 Å². The van der Waals surface area contributed by atoms with Crippen LogP contribution in [0.5, 0.6) is 11.5 Å². The highest BCUT2D eigenvalue weighted by Crippen LogP contribution is 2.56.